The van der Waals surface area contributed by atoms with Crippen molar-refractivity contribution in [1.29, 1.82) is 0 Å². The van der Waals surface area contributed by atoms with E-state index in [9.17, 15) is 0 Å². The molecule has 0 saturated heterocycles. The predicted octanol–water partition coefficient (Wildman–Crippen LogP) is 14.4. The number of aromatic nitrogens is 5. The largest absolute Gasteiger partial charge is 0.309 e. The summed E-state index contributed by atoms with van der Waals surface area (Å²) in [4.78, 5) is 15.8. The summed E-state index contributed by atoms with van der Waals surface area (Å²) >= 11 is 0. The first-order valence-electron chi connectivity index (χ1n) is 21.0. The molecule has 0 aliphatic heterocycles. The van der Waals surface area contributed by atoms with E-state index in [1.165, 1.54) is 11.1 Å². The van der Waals surface area contributed by atoms with Crippen molar-refractivity contribution in [1.82, 2.24) is 24.1 Å². The SMILES string of the molecule is c1ccc(-c2ccc(-c3nc(-c4ccccc4)nc(-n4c5ccccc5c5ccc6c(c7ccccc7n6-c6ccc(-c7ccccc7)cc6-c6ccccc6)c54)n3)cc2)cc1. The maximum absolute atomic E-state index is 5.35. The quantitative estimate of drug-likeness (QED) is 0.162. The van der Waals surface area contributed by atoms with Crippen molar-refractivity contribution in [3.8, 4) is 67.8 Å². The maximum Gasteiger partial charge on any atom is 0.238 e. The van der Waals surface area contributed by atoms with Gasteiger partial charge < -0.3 is 4.57 Å². The van der Waals surface area contributed by atoms with E-state index in [0.29, 0.717) is 17.6 Å². The number of hydrogen-bond donors (Lipinski definition) is 0. The third-order valence-corrected chi connectivity index (χ3v) is 12.0. The highest BCUT2D eigenvalue weighted by molar-refractivity contribution is 6.26. The van der Waals surface area contributed by atoms with Gasteiger partial charge in [-0.25, -0.2) is 4.98 Å². The van der Waals surface area contributed by atoms with Crippen LogP contribution >= 0.6 is 0 Å². The van der Waals surface area contributed by atoms with E-state index in [4.69, 9.17) is 15.0 Å². The van der Waals surface area contributed by atoms with E-state index in [0.717, 1.165) is 82.7 Å². The van der Waals surface area contributed by atoms with Crippen molar-refractivity contribution in [2.45, 2.75) is 0 Å². The van der Waals surface area contributed by atoms with Crippen LogP contribution in [0.2, 0.25) is 0 Å². The molecule has 62 heavy (non-hydrogen) atoms. The molecule has 3 aromatic heterocycles. The minimum atomic E-state index is 0.564. The highest BCUT2D eigenvalue weighted by atomic mass is 15.2. The molecule has 3 heterocycles. The fourth-order valence-corrected chi connectivity index (χ4v) is 9.12. The highest BCUT2D eigenvalue weighted by Crippen LogP contribution is 2.44. The summed E-state index contributed by atoms with van der Waals surface area (Å²) in [5.41, 5.74) is 14.2. The van der Waals surface area contributed by atoms with Crippen LogP contribution in [0, 0.1) is 0 Å². The third kappa shape index (κ3) is 5.90. The summed E-state index contributed by atoms with van der Waals surface area (Å²) in [6, 6.07) is 79.3. The molecule has 5 heteroatoms. The number of fused-ring (bicyclic) bond motifs is 7. The van der Waals surface area contributed by atoms with E-state index in [2.05, 4.69) is 209 Å². The molecule has 0 aliphatic carbocycles. The van der Waals surface area contributed by atoms with Gasteiger partial charge in [0.25, 0.3) is 0 Å². The van der Waals surface area contributed by atoms with E-state index in [1.54, 1.807) is 0 Å². The summed E-state index contributed by atoms with van der Waals surface area (Å²) in [6.45, 7) is 0. The van der Waals surface area contributed by atoms with Crippen LogP contribution in [-0.4, -0.2) is 24.1 Å². The summed E-state index contributed by atoms with van der Waals surface area (Å²) in [5.74, 6) is 1.79. The van der Waals surface area contributed by atoms with Crippen LogP contribution in [-0.2, 0) is 0 Å². The molecule has 0 N–H and O–H groups in total. The zero-order valence-corrected chi connectivity index (χ0v) is 33.6. The molecule has 0 atom stereocenters. The van der Waals surface area contributed by atoms with Gasteiger partial charge in [0.1, 0.15) is 0 Å². The number of rotatable bonds is 7. The van der Waals surface area contributed by atoms with E-state index < -0.39 is 0 Å². The van der Waals surface area contributed by atoms with Gasteiger partial charge in [-0.1, -0.05) is 194 Å². The molecule has 0 spiro atoms. The Morgan fingerprint density at radius 3 is 1.40 bits per heavy atom. The summed E-state index contributed by atoms with van der Waals surface area (Å²) < 4.78 is 4.70. The Morgan fingerprint density at radius 1 is 0.290 bits per heavy atom. The predicted molar refractivity (Wildman–Crippen MR) is 256 cm³/mol. The van der Waals surface area contributed by atoms with Crippen molar-refractivity contribution < 1.29 is 0 Å². The lowest BCUT2D eigenvalue weighted by atomic mass is 9.97. The molecule has 0 unspecified atom stereocenters. The van der Waals surface area contributed by atoms with Gasteiger partial charge in [-0.05, 0) is 58.1 Å². The Morgan fingerprint density at radius 2 is 0.758 bits per heavy atom. The monoisotopic (exact) mass is 791 g/mol. The Balaban J connectivity index is 1.14. The number of hydrogen-bond acceptors (Lipinski definition) is 3. The van der Waals surface area contributed by atoms with Gasteiger partial charge in [-0.3, -0.25) is 4.57 Å². The second kappa shape index (κ2) is 14.7. The molecule has 12 rings (SSSR count). The minimum absolute atomic E-state index is 0.564. The van der Waals surface area contributed by atoms with Crippen molar-refractivity contribution in [3.05, 3.63) is 224 Å². The van der Waals surface area contributed by atoms with Crippen molar-refractivity contribution in [2.75, 3.05) is 0 Å². The summed E-state index contributed by atoms with van der Waals surface area (Å²) in [5, 5.41) is 4.55. The molecular formula is C57H37N5. The van der Waals surface area contributed by atoms with Crippen LogP contribution in [0.15, 0.2) is 224 Å². The van der Waals surface area contributed by atoms with Crippen LogP contribution in [0.1, 0.15) is 0 Å². The van der Waals surface area contributed by atoms with Crippen LogP contribution in [0.4, 0.5) is 0 Å². The molecule has 0 saturated carbocycles. The lowest BCUT2D eigenvalue weighted by molar-refractivity contribution is 0.955. The standard InChI is InChI=1S/C57H37N5/c1-5-17-38(18-6-1)40-29-31-43(32-30-40)56-58-55(42-23-11-4-12-24-42)59-57(60-56)62-49-27-15-13-25-45(49)46-34-36-52-53(54(46)62)47-26-14-16-28-50(47)61(52)51-35-33-44(39-19-7-2-8-20-39)37-48(51)41-21-9-3-10-22-41/h1-37H. The molecule has 0 bridgehead atoms. The van der Waals surface area contributed by atoms with Gasteiger partial charge in [0.2, 0.25) is 5.95 Å². The Kier molecular flexibility index (Phi) is 8.42. The molecular weight excluding hydrogens is 755 g/mol. The van der Waals surface area contributed by atoms with Gasteiger partial charge in [-0.15, -0.1) is 0 Å². The molecule has 0 aliphatic rings. The average Bonchev–Trinajstić information content (AvgIpc) is 3.88. The normalized spacial score (nSPS) is 11.5. The Bertz CT molecular complexity index is 3590. The number of para-hydroxylation sites is 2. The Hall–Kier alpha value is -8.41. The van der Waals surface area contributed by atoms with Crippen molar-refractivity contribution >= 4 is 43.6 Å². The molecule has 12 aromatic rings. The molecule has 0 fully saturated rings. The van der Waals surface area contributed by atoms with Crippen LogP contribution < -0.4 is 0 Å². The molecule has 5 nitrogen and oxygen atoms in total. The molecule has 290 valence electrons. The second-order valence-corrected chi connectivity index (χ2v) is 15.6. The minimum Gasteiger partial charge on any atom is -0.309 e. The van der Waals surface area contributed by atoms with Crippen LogP contribution in [0.25, 0.3) is 111 Å². The van der Waals surface area contributed by atoms with Gasteiger partial charge >= 0.3 is 0 Å². The highest BCUT2D eigenvalue weighted by Gasteiger charge is 2.24. The number of nitrogens with zero attached hydrogens (tertiary/aromatic N) is 5. The maximum atomic E-state index is 5.35. The zero-order valence-electron chi connectivity index (χ0n) is 33.6. The average molecular weight is 792 g/mol. The lowest BCUT2D eigenvalue weighted by Gasteiger charge is -2.16. The first kappa shape index (κ1) is 35.5. The van der Waals surface area contributed by atoms with Gasteiger partial charge in [0.15, 0.2) is 11.6 Å². The molecule has 0 amide bonds. The first-order valence-corrected chi connectivity index (χ1v) is 21.0. The summed E-state index contributed by atoms with van der Waals surface area (Å²) in [6.07, 6.45) is 0. The molecule has 9 aromatic carbocycles. The smallest absolute Gasteiger partial charge is 0.238 e. The van der Waals surface area contributed by atoms with Crippen molar-refractivity contribution in [2.24, 2.45) is 0 Å². The lowest BCUT2D eigenvalue weighted by Crippen LogP contribution is -2.06. The van der Waals surface area contributed by atoms with Crippen LogP contribution in [0.3, 0.4) is 0 Å². The second-order valence-electron chi connectivity index (χ2n) is 15.6. The van der Waals surface area contributed by atoms with E-state index >= 15 is 0 Å². The van der Waals surface area contributed by atoms with E-state index in [-0.39, 0.29) is 0 Å². The van der Waals surface area contributed by atoms with Crippen LogP contribution in [0.5, 0.6) is 0 Å². The summed E-state index contributed by atoms with van der Waals surface area (Å²) in [7, 11) is 0. The van der Waals surface area contributed by atoms with Gasteiger partial charge in [-0.2, -0.15) is 9.97 Å². The Labute approximate surface area is 358 Å². The first-order chi connectivity index (χ1) is 30.8. The van der Waals surface area contributed by atoms with Gasteiger partial charge in [0.05, 0.1) is 27.8 Å². The fourth-order valence-electron chi connectivity index (χ4n) is 9.12. The van der Waals surface area contributed by atoms with E-state index in [1.807, 2.05) is 24.3 Å². The zero-order chi connectivity index (χ0) is 41.0. The fraction of sp³-hybridized carbons (Fsp3) is 0. The third-order valence-electron chi connectivity index (χ3n) is 12.0. The number of benzene rings is 9. The topological polar surface area (TPSA) is 48.5 Å². The van der Waals surface area contributed by atoms with Gasteiger partial charge in [0, 0.05) is 38.2 Å². The van der Waals surface area contributed by atoms with Crippen molar-refractivity contribution in [3.63, 3.8) is 0 Å². The molecule has 0 radical (unpaired) electrons.